The molecule has 2 rings (SSSR count). The maximum Gasteiger partial charge on any atom is 0.0776 e. The monoisotopic (exact) mass is 211 g/mol. The first-order chi connectivity index (χ1) is 6.81. The van der Waals surface area contributed by atoms with Crippen LogP contribution in [0.1, 0.15) is 35.6 Å². The maximum atomic E-state index is 6.15. The number of aryl methyl sites for hydroxylation is 1. The molecule has 0 aliphatic carbocycles. The molecule has 2 heterocycles. The summed E-state index contributed by atoms with van der Waals surface area (Å²) in [4.78, 5) is 2.68. The van der Waals surface area contributed by atoms with E-state index in [1.807, 2.05) is 11.3 Å². The van der Waals surface area contributed by atoms with Crippen LogP contribution in [0.5, 0.6) is 0 Å². The second-order valence-corrected chi connectivity index (χ2v) is 4.93. The van der Waals surface area contributed by atoms with E-state index in [1.54, 1.807) is 0 Å². The van der Waals surface area contributed by atoms with Gasteiger partial charge in [0.2, 0.25) is 0 Å². The minimum Gasteiger partial charge on any atom is -0.376 e. The first kappa shape index (κ1) is 10.1. The predicted molar refractivity (Wildman–Crippen MR) is 59.6 cm³/mol. The number of thiophene rings is 1. The van der Waals surface area contributed by atoms with Crippen molar-refractivity contribution in [2.75, 3.05) is 6.61 Å². The lowest BCUT2D eigenvalue weighted by Gasteiger charge is -2.16. The molecule has 2 atom stereocenters. The van der Waals surface area contributed by atoms with Crippen molar-refractivity contribution in [3.8, 4) is 0 Å². The minimum absolute atomic E-state index is 0.0859. The highest BCUT2D eigenvalue weighted by Gasteiger charge is 2.24. The van der Waals surface area contributed by atoms with Crippen LogP contribution in [0.15, 0.2) is 12.1 Å². The highest BCUT2D eigenvalue weighted by Crippen LogP contribution is 2.29. The molecule has 1 aliphatic rings. The first-order valence-electron chi connectivity index (χ1n) is 5.27. The summed E-state index contributed by atoms with van der Waals surface area (Å²) in [5.74, 6) is 0. The fourth-order valence-corrected chi connectivity index (χ4v) is 2.84. The smallest absolute Gasteiger partial charge is 0.0776 e. The molecule has 2 unspecified atom stereocenters. The van der Waals surface area contributed by atoms with E-state index in [1.165, 1.54) is 9.75 Å². The number of ether oxygens (including phenoxy) is 1. The van der Waals surface area contributed by atoms with E-state index in [9.17, 15) is 0 Å². The van der Waals surface area contributed by atoms with Gasteiger partial charge in [-0.15, -0.1) is 11.3 Å². The van der Waals surface area contributed by atoms with Crippen molar-refractivity contribution in [3.05, 3.63) is 21.9 Å². The Bertz CT molecular complexity index is 291. The molecule has 0 amide bonds. The Balaban J connectivity index is 2.05. The molecule has 0 spiro atoms. The zero-order valence-electron chi connectivity index (χ0n) is 8.53. The van der Waals surface area contributed by atoms with Gasteiger partial charge in [-0.1, -0.05) is 6.92 Å². The lowest BCUT2D eigenvalue weighted by molar-refractivity contribution is 0.0909. The summed E-state index contributed by atoms with van der Waals surface area (Å²) in [6.07, 6.45) is 3.62. The molecule has 0 bridgehead atoms. The van der Waals surface area contributed by atoms with Gasteiger partial charge in [0.15, 0.2) is 0 Å². The topological polar surface area (TPSA) is 35.2 Å². The van der Waals surface area contributed by atoms with E-state index in [-0.39, 0.29) is 12.1 Å². The molecule has 2 nitrogen and oxygen atoms in total. The second kappa shape index (κ2) is 4.43. The van der Waals surface area contributed by atoms with E-state index in [0.717, 1.165) is 25.9 Å². The maximum absolute atomic E-state index is 6.15. The molecule has 1 aromatic heterocycles. The molecule has 0 saturated carbocycles. The van der Waals surface area contributed by atoms with Crippen LogP contribution in [0.3, 0.4) is 0 Å². The molecule has 1 fully saturated rings. The predicted octanol–water partition coefficient (Wildman–Crippen LogP) is 2.49. The fourth-order valence-electron chi connectivity index (χ4n) is 1.83. The zero-order valence-corrected chi connectivity index (χ0v) is 9.35. The van der Waals surface area contributed by atoms with Gasteiger partial charge in [0, 0.05) is 16.4 Å². The van der Waals surface area contributed by atoms with Gasteiger partial charge < -0.3 is 10.5 Å². The van der Waals surface area contributed by atoms with Gasteiger partial charge in [-0.2, -0.15) is 0 Å². The van der Waals surface area contributed by atoms with Crippen molar-refractivity contribution in [2.45, 2.75) is 38.3 Å². The molecule has 14 heavy (non-hydrogen) atoms. The average Bonchev–Trinajstić information content (AvgIpc) is 2.88. The molecule has 0 aromatic carbocycles. The van der Waals surface area contributed by atoms with Gasteiger partial charge >= 0.3 is 0 Å². The van der Waals surface area contributed by atoms with Crippen molar-refractivity contribution < 1.29 is 4.74 Å². The highest BCUT2D eigenvalue weighted by molar-refractivity contribution is 7.12. The summed E-state index contributed by atoms with van der Waals surface area (Å²) in [6.45, 7) is 3.05. The Morgan fingerprint density at radius 3 is 3.07 bits per heavy atom. The summed E-state index contributed by atoms with van der Waals surface area (Å²) in [6, 6.07) is 4.41. The first-order valence-corrected chi connectivity index (χ1v) is 6.08. The van der Waals surface area contributed by atoms with E-state index in [4.69, 9.17) is 10.5 Å². The SMILES string of the molecule is CCc1ccc(C(N)C2CCCO2)s1. The van der Waals surface area contributed by atoms with E-state index in [2.05, 4.69) is 19.1 Å². The third-order valence-corrected chi connectivity index (χ3v) is 4.06. The lowest BCUT2D eigenvalue weighted by atomic mass is 10.1. The minimum atomic E-state index is 0.0859. The number of hydrogen-bond donors (Lipinski definition) is 1. The molecule has 3 heteroatoms. The third kappa shape index (κ3) is 2.00. The molecule has 1 aliphatic heterocycles. The number of hydrogen-bond acceptors (Lipinski definition) is 3. The quantitative estimate of drug-likeness (QED) is 0.833. The van der Waals surface area contributed by atoms with Crippen molar-refractivity contribution >= 4 is 11.3 Å². The van der Waals surface area contributed by atoms with Crippen LogP contribution in [0.2, 0.25) is 0 Å². The summed E-state index contributed by atoms with van der Waals surface area (Å²) in [5.41, 5.74) is 6.15. The zero-order chi connectivity index (χ0) is 9.97. The molecule has 1 aromatic rings. The molecule has 0 radical (unpaired) electrons. The van der Waals surface area contributed by atoms with Crippen LogP contribution in [0.25, 0.3) is 0 Å². The summed E-state index contributed by atoms with van der Waals surface area (Å²) in [5, 5.41) is 0. The number of rotatable bonds is 3. The van der Waals surface area contributed by atoms with Crippen molar-refractivity contribution in [2.24, 2.45) is 5.73 Å². The Labute approximate surface area is 89.1 Å². The van der Waals surface area contributed by atoms with Crippen molar-refractivity contribution in [1.29, 1.82) is 0 Å². The Morgan fingerprint density at radius 2 is 2.50 bits per heavy atom. The Hall–Kier alpha value is -0.380. The Morgan fingerprint density at radius 1 is 1.64 bits per heavy atom. The van der Waals surface area contributed by atoms with Crippen molar-refractivity contribution in [1.82, 2.24) is 0 Å². The van der Waals surface area contributed by atoms with Crippen LogP contribution in [-0.4, -0.2) is 12.7 Å². The molecular weight excluding hydrogens is 194 g/mol. The van der Waals surface area contributed by atoms with Gasteiger partial charge in [0.25, 0.3) is 0 Å². The van der Waals surface area contributed by atoms with Gasteiger partial charge in [0.05, 0.1) is 12.1 Å². The van der Waals surface area contributed by atoms with E-state index >= 15 is 0 Å². The van der Waals surface area contributed by atoms with Crippen LogP contribution in [-0.2, 0) is 11.2 Å². The van der Waals surface area contributed by atoms with E-state index in [0.29, 0.717) is 0 Å². The fraction of sp³-hybridized carbons (Fsp3) is 0.636. The van der Waals surface area contributed by atoms with Gasteiger partial charge in [-0.05, 0) is 31.4 Å². The molecule has 78 valence electrons. The van der Waals surface area contributed by atoms with Crippen LogP contribution >= 0.6 is 11.3 Å². The number of nitrogens with two attached hydrogens (primary N) is 1. The standard InChI is InChI=1S/C11H17NOS/c1-2-8-5-6-10(14-8)11(12)9-4-3-7-13-9/h5-6,9,11H,2-4,7,12H2,1H3. The van der Waals surface area contributed by atoms with Crippen LogP contribution < -0.4 is 5.73 Å². The van der Waals surface area contributed by atoms with Crippen LogP contribution in [0, 0.1) is 0 Å². The summed E-state index contributed by atoms with van der Waals surface area (Å²) >= 11 is 1.82. The molecule has 2 N–H and O–H groups in total. The second-order valence-electron chi connectivity index (χ2n) is 3.73. The average molecular weight is 211 g/mol. The van der Waals surface area contributed by atoms with Gasteiger partial charge in [-0.25, -0.2) is 0 Å². The van der Waals surface area contributed by atoms with Gasteiger partial charge in [-0.3, -0.25) is 0 Å². The molecular formula is C11H17NOS. The summed E-state index contributed by atoms with van der Waals surface area (Å²) in [7, 11) is 0. The Kier molecular flexibility index (Phi) is 3.21. The lowest BCUT2D eigenvalue weighted by Crippen LogP contribution is -2.24. The van der Waals surface area contributed by atoms with Gasteiger partial charge in [0.1, 0.15) is 0 Å². The van der Waals surface area contributed by atoms with E-state index < -0.39 is 0 Å². The largest absolute Gasteiger partial charge is 0.376 e. The molecule has 1 saturated heterocycles. The van der Waals surface area contributed by atoms with Crippen molar-refractivity contribution in [3.63, 3.8) is 0 Å². The highest BCUT2D eigenvalue weighted by atomic mass is 32.1. The van der Waals surface area contributed by atoms with Crippen LogP contribution in [0.4, 0.5) is 0 Å². The normalized spacial score (nSPS) is 24.0. The summed E-state index contributed by atoms with van der Waals surface area (Å²) < 4.78 is 5.59. The third-order valence-electron chi connectivity index (χ3n) is 2.72.